The van der Waals surface area contributed by atoms with Crippen LogP contribution in [0.4, 0.5) is 0 Å². The van der Waals surface area contributed by atoms with Gasteiger partial charge in [-0.2, -0.15) is 0 Å². The highest BCUT2D eigenvalue weighted by atomic mass is 16.5. The number of nitrogens with one attached hydrogen (secondary N) is 1. The molecule has 0 unspecified atom stereocenters. The van der Waals surface area contributed by atoms with Crippen molar-refractivity contribution < 1.29 is 14.0 Å². The third-order valence-electron chi connectivity index (χ3n) is 9.03. The number of aromatic nitrogens is 2. The van der Waals surface area contributed by atoms with Gasteiger partial charge in [0.25, 0.3) is 5.56 Å². The van der Waals surface area contributed by atoms with Crippen molar-refractivity contribution in [2.45, 2.75) is 174 Å². The summed E-state index contributed by atoms with van der Waals surface area (Å²) in [7, 11) is 4.82. The Balaban J connectivity index is 1.85. The fourth-order valence-corrected chi connectivity index (χ4v) is 5.98. The quantitative estimate of drug-likeness (QED) is 0.0529. The van der Waals surface area contributed by atoms with E-state index in [0.29, 0.717) is 12.2 Å². The molecule has 1 heterocycles. The largest absolute Gasteiger partial charge is 0.466 e. The second kappa shape index (κ2) is 26.3. The number of H-pyrrole nitrogens is 1. The maximum absolute atomic E-state index is 12.0. The summed E-state index contributed by atoms with van der Waals surface area (Å²) in [5.41, 5.74) is -0.434. The number of rotatable bonds is 30. The molecule has 7 nitrogen and oxygen atoms in total. The molecule has 0 aliphatic carbocycles. The number of carbonyl (C=O) groups is 1. The molecule has 0 atom stereocenters. The molecule has 1 N–H and O–H groups in total. The minimum Gasteiger partial charge on any atom is -0.466 e. The number of nitrogens with zero attached hydrogens (tertiary/aromatic N) is 2. The first-order valence-corrected chi connectivity index (χ1v) is 18.5. The first kappa shape index (κ1) is 40.1. The van der Waals surface area contributed by atoms with Gasteiger partial charge < -0.3 is 9.22 Å². The van der Waals surface area contributed by atoms with Gasteiger partial charge in [-0.15, -0.1) is 0 Å². The van der Waals surface area contributed by atoms with Gasteiger partial charge in [-0.05, 0) is 39.0 Å². The Kier molecular flexibility index (Phi) is 24.0. The van der Waals surface area contributed by atoms with Crippen molar-refractivity contribution in [3.8, 4) is 0 Å². The average molecular weight is 621 g/mol. The van der Waals surface area contributed by atoms with E-state index in [0.717, 1.165) is 12.8 Å². The smallest absolute Gasteiger partial charge is 0.328 e. The summed E-state index contributed by atoms with van der Waals surface area (Å²) in [4.78, 5) is 37.4. The van der Waals surface area contributed by atoms with Crippen LogP contribution in [0.25, 0.3) is 0 Å². The topological polar surface area (TPSA) is 81.2 Å². The van der Waals surface area contributed by atoms with E-state index in [4.69, 9.17) is 4.74 Å². The van der Waals surface area contributed by atoms with E-state index in [1.807, 2.05) is 0 Å². The van der Waals surface area contributed by atoms with Crippen molar-refractivity contribution in [3.63, 3.8) is 0 Å². The monoisotopic (exact) mass is 621 g/mol. The predicted molar refractivity (Wildman–Crippen MR) is 185 cm³/mol. The lowest BCUT2D eigenvalue weighted by Crippen LogP contribution is -2.41. The highest BCUT2D eigenvalue weighted by Crippen LogP contribution is 2.15. The number of esters is 1. The van der Waals surface area contributed by atoms with Crippen molar-refractivity contribution in [1.82, 2.24) is 9.55 Å². The van der Waals surface area contributed by atoms with Gasteiger partial charge in [0.15, 0.2) is 0 Å². The van der Waals surface area contributed by atoms with Gasteiger partial charge in [0.2, 0.25) is 0 Å². The zero-order chi connectivity index (χ0) is 32.3. The average Bonchev–Trinajstić information content (AvgIpc) is 2.99. The zero-order valence-electron chi connectivity index (χ0n) is 29.4. The van der Waals surface area contributed by atoms with Crippen LogP contribution in [0, 0.1) is 6.92 Å². The molecular formula is C37H70N3O4+. The normalized spacial score (nSPS) is 11.7. The summed E-state index contributed by atoms with van der Waals surface area (Å²) >= 11 is 0. The van der Waals surface area contributed by atoms with E-state index < -0.39 is 11.2 Å². The number of aromatic amines is 1. The number of carbonyl (C=O) groups excluding carboxylic acids is 1. The van der Waals surface area contributed by atoms with Crippen LogP contribution in [0.5, 0.6) is 0 Å². The molecule has 0 saturated carbocycles. The van der Waals surface area contributed by atoms with Crippen molar-refractivity contribution >= 4 is 5.97 Å². The molecule has 0 aromatic carbocycles. The molecule has 0 aliphatic rings. The van der Waals surface area contributed by atoms with E-state index >= 15 is 0 Å². The third-order valence-corrected chi connectivity index (χ3v) is 9.03. The molecule has 44 heavy (non-hydrogen) atoms. The van der Waals surface area contributed by atoms with E-state index in [9.17, 15) is 14.4 Å². The summed E-state index contributed by atoms with van der Waals surface area (Å²) < 4.78 is 7.82. The first-order valence-electron chi connectivity index (χ1n) is 18.5. The minimum absolute atomic E-state index is 0.126. The summed E-state index contributed by atoms with van der Waals surface area (Å²) in [6.45, 7) is 7.20. The van der Waals surface area contributed by atoms with Crippen LogP contribution in [0.1, 0.15) is 167 Å². The van der Waals surface area contributed by atoms with Crippen molar-refractivity contribution in [3.05, 3.63) is 32.6 Å². The number of ether oxygens (including phenoxy) is 1. The Morgan fingerprint density at radius 3 is 1.55 bits per heavy atom. The molecule has 1 aromatic rings. The molecule has 1 aromatic heterocycles. The Morgan fingerprint density at radius 1 is 0.682 bits per heavy atom. The maximum atomic E-state index is 12.0. The van der Waals surface area contributed by atoms with Gasteiger partial charge in [-0.25, -0.2) is 4.79 Å². The Bertz CT molecular complexity index is 953. The molecule has 7 heteroatoms. The van der Waals surface area contributed by atoms with Gasteiger partial charge in [-0.1, -0.05) is 122 Å². The molecule has 0 fully saturated rings. The molecule has 0 spiro atoms. The number of quaternary nitrogens is 1. The van der Waals surface area contributed by atoms with Crippen molar-refractivity contribution in [1.29, 1.82) is 0 Å². The second-order valence-corrected chi connectivity index (χ2v) is 13.9. The molecule has 256 valence electrons. The van der Waals surface area contributed by atoms with Crippen LogP contribution in [0.3, 0.4) is 0 Å². The summed E-state index contributed by atoms with van der Waals surface area (Å²) in [6, 6.07) is 0. The number of hydrogen-bond acceptors (Lipinski definition) is 4. The highest BCUT2D eigenvalue weighted by Gasteiger charge is 2.13. The second-order valence-electron chi connectivity index (χ2n) is 13.9. The molecule has 0 radical (unpaired) electrons. The summed E-state index contributed by atoms with van der Waals surface area (Å²) in [5.74, 6) is -0.304. The predicted octanol–water partition coefficient (Wildman–Crippen LogP) is 8.85. The fourth-order valence-electron chi connectivity index (χ4n) is 5.98. The number of hydrogen-bond donors (Lipinski definition) is 1. The highest BCUT2D eigenvalue weighted by molar-refractivity contribution is 5.69. The van der Waals surface area contributed by atoms with E-state index in [1.165, 1.54) is 163 Å². The maximum Gasteiger partial charge on any atom is 0.328 e. The first-order chi connectivity index (χ1) is 21.2. The molecule has 0 saturated heterocycles. The number of aryl methyl sites for hydroxylation is 2. The molecular weight excluding hydrogens is 550 g/mol. The van der Waals surface area contributed by atoms with Crippen LogP contribution in [-0.4, -0.2) is 53.8 Å². The van der Waals surface area contributed by atoms with E-state index in [1.54, 1.807) is 6.92 Å². The standard InChI is InChI=1S/C37H69N3O4/c1-5-6-7-8-9-10-11-12-13-14-16-19-22-25-30-40(3,4)31-26-23-20-17-15-18-21-24-27-32-44-35(41)28-29-39-33-34(2)36(42)38-37(39)43/h33H,5-32H2,1-4H3/p+1. The molecule has 1 rings (SSSR count). The fraction of sp³-hybridized carbons (Fsp3) is 0.865. The minimum atomic E-state index is -0.494. The van der Waals surface area contributed by atoms with Gasteiger partial charge in [-0.3, -0.25) is 19.1 Å². The Labute approximate surface area is 270 Å². The van der Waals surface area contributed by atoms with Crippen molar-refractivity contribution in [2.75, 3.05) is 33.8 Å². The van der Waals surface area contributed by atoms with Gasteiger partial charge in [0, 0.05) is 18.3 Å². The van der Waals surface area contributed by atoms with Crippen LogP contribution < -0.4 is 11.2 Å². The van der Waals surface area contributed by atoms with Crippen LogP contribution in [0.15, 0.2) is 15.8 Å². The lowest BCUT2D eigenvalue weighted by molar-refractivity contribution is -0.890. The van der Waals surface area contributed by atoms with Crippen LogP contribution in [-0.2, 0) is 16.1 Å². The van der Waals surface area contributed by atoms with Crippen LogP contribution >= 0.6 is 0 Å². The summed E-state index contributed by atoms with van der Waals surface area (Å²) in [5, 5.41) is 0. The lowest BCUT2D eigenvalue weighted by atomic mass is 10.0. The Hall–Kier alpha value is -1.89. The third kappa shape index (κ3) is 22.6. The Morgan fingerprint density at radius 2 is 1.09 bits per heavy atom. The molecule has 0 amide bonds. The van der Waals surface area contributed by atoms with Gasteiger partial charge >= 0.3 is 11.7 Å². The molecule has 0 aliphatic heterocycles. The van der Waals surface area contributed by atoms with Crippen LogP contribution in [0.2, 0.25) is 0 Å². The summed E-state index contributed by atoms with van der Waals surface area (Å²) in [6.07, 6.45) is 32.7. The molecule has 0 bridgehead atoms. The SMILES string of the molecule is CCCCCCCCCCCCCCCC[N+](C)(C)CCCCCCCCCCCOC(=O)CCn1cc(C)c(=O)[nH]c1=O. The van der Waals surface area contributed by atoms with Gasteiger partial charge in [0.05, 0.1) is 40.2 Å². The zero-order valence-corrected chi connectivity index (χ0v) is 29.4. The van der Waals surface area contributed by atoms with Crippen molar-refractivity contribution in [2.24, 2.45) is 0 Å². The lowest BCUT2D eigenvalue weighted by Gasteiger charge is -2.30. The van der Waals surface area contributed by atoms with Gasteiger partial charge in [0.1, 0.15) is 0 Å². The number of unbranched alkanes of at least 4 members (excludes halogenated alkanes) is 21. The van der Waals surface area contributed by atoms with E-state index in [2.05, 4.69) is 26.0 Å². The van der Waals surface area contributed by atoms with E-state index in [-0.39, 0.29) is 18.9 Å².